The highest BCUT2D eigenvalue weighted by Crippen LogP contribution is 2.28. The molecule has 0 radical (unpaired) electrons. The van der Waals surface area contributed by atoms with E-state index >= 15 is 0 Å². The molecule has 1 N–H and O–H groups in total. The van der Waals surface area contributed by atoms with Gasteiger partial charge in [-0.15, -0.1) is 0 Å². The molecule has 0 amide bonds. The third-order valence-corrected chi connectivity index (χ3v) is 4.47. The van der Waals surface area contributed by atoms with E-state index in [-0.39, 0.29) is 0 Å². The van der Waals surface area contributed by atoms with Gasteiger partial charge in [-0.05, 0) is 38.3 Å². The van der Waals surface area contributed by atoms with E-state index < -0.39 is 0 Å². The number of nitrogens with zero attached hydrogens (tertiary/aromatic N) is 3. The first kappa shape index (κ1) is 13.8. The van der Waals surface area contributed by atoms with Crippen molar-refractivity contribution in [1.82, 2.24) is 14.9 Å². The summed E-state index contributed by atoms with van der Waals surface area (Å²) in [6, 6.07) is 4.74. The normalized spacial score (nSPS) is 18.8. The van der Waals surface area contributed by atoms with Crippen molar-refractivity contribution in [3.63, 3.8) is 0 Å². The van der Waals surface area contributed by atoms with Crippen LogP contribution < -0.4 is 5.32 Å². The number of anilines is 1. The van der Waals surface area contributed by atoms with Gasteiger partial charge >= 0.3 is 0 Å². The molecule has 3 heterocycles. The molecule has 0 saturated heterocycles. The minimum Gasteiger partial charge on any atom is -0.465 e. The number of hydrogen-bond acceptors (Lipinski definition) is 5. The van der Waals surface area contributed by atoms with Crippen molar-refractivity contribution in [3.05, 3.63) is 41.2 Å². The molecule has 1 aliphatic heterocycles. The predicted molar refractivity (Wildman–Crippen MR) is 84.8 cm³/mol. The minimum atomic E-state index is 0.629. The lowest BCUT2D eigenvalue weighted by Gasteiger charge is -2.17. The van der Waals surface area contributed by atoms with Gasteiger partial charge in [0.2, 0.25) is 0 Å². The number of aromatic nitrogens is 2. The Morgan fingerprint density at radius 3 is 2.86 bits per heavy atom. The Balaban J connectivity index is 1.47. The third kappa shape index (κ3) is 2.99. The van der Waals surface area contributed by atoms with Gasteiger partial charge in [0.15, 0.2) is 0 Å². The molecule has 116 valence electrons. The van der Waals surface area contributed by atoms with Gasteiger partial charge < -0.3 is 9.73 Å². The molecular formula is C17H22N4O. The van der Waals surface area contributed by atoms with E-state index in [1.807, 2.05) is 13.0 Å². The van der Waals surface area contributed by atoms with Crippen LogP contribution in [0.5, 0.6) is 0 Å². The average molecular weight is 298 g/mol. The lowest BCUT2D eigenvalue weighted by molar-refractivity contribution is 0.253. The van der Waals surface area contributed by atoms with E-state index in [0.717, 1.165) is 49.8 Å². The Morgan fingerprint density at radius 2 is 2.09 bits per heavy atom. The maximum atomic E-state index is 5.71. The highest BCUT2D eigenvalue weighted by molar-refractivity contribution is 5.48. The van der Waals surface area contributed by atoms with Gasteiger partial charge in [-0.25, -0.2) is 9.97 Å². The van der Waals surface area contributed by atoms with Crippen molar-refractivity contribution in [3.8, 4) is 0 Å². The first-order valence-corrected chi connectivity index (χ1v) is 8.15. The van der Waals surface area contributed by atoms with Gasteiger partial charge in [0.05, 0.1) is 12.2 Å². The van der Waals surface area contributed by atoms with E-state index in [0.29, 0.717) is 6.04 Å². The van der Waals surface area contributed by atoms with Gasteiger partial charge in [0, 0.05) is 31.1 Å². The van der Waals surface area contributed by atoms with E-state index in [1.165, 1.54) is 24.1 Å². The van der Waals surface area contributed by atoms with Crippen molar-refractivity contribution < 1.29 is 4.42 Å². The smallest absolute Gasteiger partial charge is 0.133 e. The summed E-state index contributed by atoms with van der Waals surface area (Å²) in [7, 11) is 0. The van der Waals surface area contributed by atoms with Crippen molar-refractivity contribution in [2.45, 2.75) is 45.2 Å². The Morgan fingerprint density at radius 1 is 1.23 bits per heavy atom. The van der Waals surface area contributed by atoms with Crippen LogP contribution in [0.2, 0.25) is 0 Å². The maximum absolute atomic E-state index is 5.71. The Labute approximate surface area is 130 Å². The SMILES string of the molecule is Cc1ccc(CN2CCc3ncnc(NC4CC4)c3CC2)o1. The maximum Gasteiger partial charge on any atom is 0.133 e. The van der Waals surface area contributed by atoms with Crippen LogP contribution in [0.15, 0.2) is 22.9 Å². The van der Waals surface area contributed by atoms with Crippen molar-refractivity contribution in [1.29, 1.82) is 0 Å². The van der Waals surface area contributed by atoms with Crippen molar-refractivity contribution in [2.75, 3.05) is 18.4 Å². The van der Waals surface area contributed by atoms with Crippen molar-refractivity contribution >= 4 is 5.82 Å². The molecule has 0 atom stereocenters. The second-order valence-electron chi connectivity index (χ2n) is 6.35. The largest absolute Gasteiger partial charge is 0.465 e. The van der Waals surface area contributed by atoms with Gasteiger partial charge in [-0.1, -0.05) is 0 Å². The lowest BCUT2D eigenvalue weighted by atomic mass is 10.1. The summed E-state index contributed by atoms with van der Waals surface area (Å²) in [5, 5.41) is 3.55. The molecule has 0 bridgehead atoms. The quantitative estimate of drug-likeness (QED) is 0.940. The zero-order valence-corrected chi connectivity index (χ0v) is 13.0. The molecule has 1 aliphatic carbocycles. The topological polar surface area (TPSA) is 54.2 Å². The van der Waals surface area contributed by atoms with E-state index in [4.69, 9.17) is 4.42 Å². The van der Waals surface area contributed by atoms with Gasteiger partial charge in [-0.3, -0.25) is 4.90 Å². The molecule has 2 aromatic rings. The van der Waals surface area contributed by atoms with Crippen LogP contribution in [0.1, 0.15) is 35.6 Å². The monoisotopic (exact) mass is 298 g/mol. The fourth-order valence-electron chi connectivity index (χ4n) is 3.07. The lowest BCUT2D eigenvalue weighted by Crippen LogP contribution is -2.25. The van der Waals surface area contributed by atoms with Crippen LogP contribution in [0.4, 0.5) is 5.82 Å². The zero-order chi connectivity index (χ0) is 14.9. The van der Waals surface area contributed by atoms with Crippen molar-refractivity contribution in [2.24, 2.45) is 0 Å². The first-order valence-electron chi connectivity index (χ1n) is 8.15. The van der Waals surface area contributed by atoms with Crippen LogP contribution in [0.25, 0.3) is 0 Å². The molecule has 2 aliphatic rings. The van der Waals surface area contributed by atoms with Crippen LogP contribution in [-0.4, -0.2) is 34.0 Å². The summed E-state index contributed by atoms with van der Waals surface area (Å²) in [6.45, 7) is 4.92. The summed E-state index contributed by atoms with van der Waals surface area (Å²) in [5.41, 5.74) is 2.52. The second kappa shape index (κ2) is 5.72. The second-order valence-corrected chi connectivity index (χ2v) is 6.35. The van der Waals surface area contributed by atoms with Crippen LogP contribution in [0, 0.1) is 6.92 Å². The fraction of sp³-hybridized carbons (Fsp3) is 0.529. The summed E-state index contributed by atoms with van der Waals surface area (Å²) >= 11 is 0. The highest BCUT2D eigenvalue weighted by atomic mass is 16.3. The van der Waals surface area contributed by atoms with Gasteiger partial charge in [0.25, 0.3) is 0 Å². The summed E-state index contributed by atoms with van der Waals surface area (Å²) in [4.78, 5) is 11.4. The molecule has 5 heteroatoms. The third-order valence-electron chi connectivity index (χ3n) is 4.47. The highest BCUT2D eigenvalue weighted by Gasteiger charge is 2.25. The minimum absolute atomic E-state index is 0.629. The van der Waals surface area contributed by atoms with Gasteiger partial charge in [0.1, 0.15) is 23.7 Å². The van der Waals surface area contributed by atoms with E-state index in [9.17, 15) is 0 Å². The van der Waals surface area contributed by atoms with Gasteiger partial charge in [-0.2, -0.15) is 0 Å². The Hall–Kier alpha value is -1.88. The van der Waals surface area contributed by atoms with Crippen LogP contribution in [-0.2, 0) is 19.4 Å². The molecule has 4 rings (SSSR count). The molecule has 0 aromatic carbocycles. The number of fused-ring (bicyclic) bond motifs is 1. The molecule has 1 saturated carbocycles. The molecule has 0 unspecified atom stereocenters. The molecule has 2 aromatic heterocycles. The number of hydrogen-bond donors (Lipinski definition) is 1. The molecular weight excluding hydrogens is 276 g/mol. The molecule has 5 nitrogen and oxygen atoms in total. The fourth-order valence-corrected chi connectivity index (χ4v) is 3.07. The Kier molecular flexibility index (Phi) is 3.58. The number of rotatable bonds is 4. The zero-order valence-electron chi connectivity index (χ0n) is 13.0. The number of aryl methyl sites for hydroxylation is 1. The summed E-state index contributed by atoms with van der Waals surface area (Å²) in [5.74, 6) is 3.09. The molecule has 1 fully saturated rings. The van der Waals surface area contributed by atoms with Crippen LogP contribution in [0.3, 0.4) is 0 Å². The predicted octanol–water partition coefficient (Wildman–Crippen LogP) is 2.55. The first-order chi connectivity index (χ1) is 10.8. The van der Waals surface area contributed by atoms with Crippen LogP contribution >= 0.6 is 0 Å². The number of furan rings is 1. The standard InChI is InChI=1S/C17H22N4O/c1-12-2-5-14(22-12)10-21-8-6-15-16(7-9-21)18-11-19-17(15)20-13-3-4-13/h2,5,11,13H,3-4,6-10H2,1H3,(H,18,19,20). The molecule has 22 heavy (non-hydrogen) atoms. The van der Waals surface area contributed by atoms with E-state index in [1.54, 1.807) is 6.33 Å². The van der Waals surface area contributed by atoms with E-state index in [2.05, 4.69) is 26.3 Å². The Bertz CT molecular complexity index is 662. The number of nitrogens with one attached hydrogen (secondary N) is 1. The molecule has 0 spiro atoms. The summed E-state index contributed by atoms with van der Waals surface area (Å²) < 4.78 is 5.71. The average Bonchev–Trinajstić information content (AvgIpc) is 3.26. The summed E-state index contributed by atoms with van der Waals surface area (Å²) in [6.07, 6.45) is 6.22.